The van der Waals surface area contributed by atoms with E-state index in [9.17, 15) is 13.8 Å². The fraction of sp³-hybridized carbons (Fsp3) is 0.857. The van der Waals surface area contributed by atoms with Gasteiger partial charge in [0.25, 0.3) is 0 Å². The number of hydrogen-bond acceptors (Lipinski definition) is 4. The molecule has 2 rings (SSSR count). The number of carbonyl (C=O) groups excluding carboxylic acids is 2. The number of carbonyl (C=O) groups is 2. The van der Waals surface area contributed by atoms with Gasteiger partial charge in [-0.05, 0) is 38.0 Å². The van der Waals surface area contributed by atoms with Crippen LogP contribution < -0.4 is 0 Å². The molecule has 0 aromatic carbocycles. The molecule has 2 fully saturated rings. The van der Waals surface area contributed by atoms with Crippen LogP contribution >= 0.6 is 0 Å². The second-order valence-corrected chi connectivity index (χ2v) is 7.71. The van der Waals surface area contributed by atoms with Crippen molar-refractivity contribution in [3.05, 3.63) is 0 Å². The molecule has 0 spiro atoms. The Hall–Kier alpha value is -0.910. The number of methoxy groups -OCH3 is 1. The van der Waals surface area contributed by atoms with Crippen LogP contribution in [-0.4, -0.2) is 52.2 Å². The highest BCUT2D eigenvalue weighted by molar-refractivity contribution is 7.86. The highest BCUT2D eigenvalue weighted by atomic mass is 32.2. The molecule has 114 valence electrons. The fourth-order valence-electron chi connectivity index (χ4n) is 2.66. The molecule has 1 aliphatic heterocycles. The molecule has 2 aliphatic rings. The van der Waals surface area contributed by atoms with E-state index >= 15 is 0 Å². The third-order valence-electron chi connectivity index (χ3n) is 4.31. The van der Waals surface area contributed by atoms with Gasteiger partial charge in [0.05, 0.1) is 13.5 Å². The first-order chi connectivity index (χ1) is 9.47. The van der Waals surface area contributed by atoms with E-state index in [1.807, 2.05) is 4.90 Å². The molecule has 1 heterocycles. The Kier molecular flexibility index (Phi) is 4.83. The Bertz CT molecular complexity index is 413. The van der Waals surface area contributed by atoms with Crippen molar-refractivity contribution >= 4 is 22.7 Å². The van der Waals surface area contributed by atoms with Gasteiger partial charge in [-0.15, -0.1) is 0 Å². The normalized spacial score (nSPS) is 23.2. The van der Waals surface area contributed by atoms with Gasteiger partial charge in [-0.1, -0.05) is 0 Å². The van der Waals surface area contributed by atoms with Crippen LogP contribution in [0.2, 0.25) is 0 Å². The van der Waals surface area contributed by atoms with E-state index in [-0.39, 0.29) is 17.3 Å². The summed E-state index contributed by atoms with van der Waals surface area (Å²) in [5, 5.41) is -0.469. The van der Waals surface area contributed by atoms with E-state index in [0.717, 1.165) is 38.8 Å². The molecule has 0 bridgehead atoms. The van der Waals surface area contributed by atoms with E-state index in [2.05, 4.69) is 4.74 Å². The highest BCUT2D eigenvalue weighted by Gasteiger charge is 2.47. The zero-order chi connectivity index (χ0) is 14.8. The average Bonchev–Trinajstić information content (AvgIpc) is 2.96. The van der Waals surface area contributed by atoms with Gasteiger partial charge >= 0.3 is 5.97 Å². The summed E-state index contributed by atoms with van der Waals surface area (Å²) in [5.74, 6) is 0.177. The van der Waals surface area contributed by atoms with Gasteiger partial charge in [-0.2, -0.15) is 0 Å². The second-order valence-electron chi connectivity index (χ2n) is 5.95. The largest absolute Gasteiger partial charge is 0.469 e. The molecule has 1 amide bonds. The van der Waals surface area contributed by atoms with Crippen molar-refractivity contribution in [1.29, 1.82) is 0 Å². The predicted molar refractivity (Wildman–Crippen MR) is 76.6 cm³/mol. The molecular formula is C14H23NO4S. The van der Waals surface area contributed by atoms with Crippen molar-refractivity contribution in [2.24, 2.45) is 5.41 Å². The van der Waals surface area contributed by atoms with Crippen LogP contribution in [0.3, 0.4) is 0 Å². The molecule has 0 aromatic rings. The third kappa shape index (κ3) is 3.59. The Balaban J connectivity index is 1.87. The van der Waals surface area contributed by atoms with Crippen molar-refractivity contribution in [3.8, 4) is 0 Å². The molecule has 2 atom stereocenters. The lowest BCUT2D eigenvalue weighted by atomic mass is 10.1. The van der Waals surface area contributed by atoms with Gasteiger partial charge in [0.2, 0.25) is 5.91 Å². The van der Waals surface area contributed by atoms with Gasteiger partial charge < -0.3 is 9.64 Å². The molecule has 1 aliphatic carbocycles. The van der Waals surface area contributed by atoms with Crippen LogP contribution in [-0.2, 0) is 25.1 Å². The molecule has 0 radical (unpaired) electrons. The average molecular weight is 301 g/mol. The number of nitrogens with zero attached hydrogens (tertiary/aromatic N) is 1. The Labute approximate surface area is 122 Å². The summed E-state index contributed by atoms with van der Waals surface area (Å²) < 4.78 is 17.1. The van der Waals surface area contributed by atoms with Crippen molar-refractivity contribution in [3.63, 3.8) is 0 Å². The SMILES string of the molecule is COC(=O)CC1(CS(=O)C(C)C(=O)N2CCCC2)CC1. The number of rotatable bonds is 6. The topological polar surface area (TPSA) is 63.7 Å². The first-order valence-corrected chi connectivity index (χ1v) is 8.58. The fourth-order valence-corrected chi connectivity index (χ4v) is 4.28. The highest BCUT2D eigenvalue weighted by Crippen LogP contribution is 2.49. The molecule has 0 aromatic heterocycles. The summed E-state index contributed by atoms with van der Waals surface area (Å²) in [5.41, 5.74) is -0.183. The van der Waals surface area contributed by atoms with Crippen LogP contribution in [0.5, 0.6) is 0 Å². The monoisotopic (exact) mass is 301 g/mol. The lowest BCUT2D eigenvalue weighted by molar-refractivity contribution is -0.141. The van der Waals surface area contributed by atoms with Crippen molar-refractivity contribution < 1.29 is 18.5 Å². The minimum atomic E-state index is -1.22. The zero-order valence-corrected chi connectivity index (χ0v) is 13.0. The number of esters is 1. The zero-order valence-electron chi connectivity index (χ0n) is 12.2. The molecule has 2 unspecified atom stereocenters. The molecule has 1 saturated heterocycles. The Morgan fingerprint density at radius 2 is 1.90 bits per heavy atom. The van der Waals surface area contributed by atoms with E-state index in [4.69, 9.17) is 0 Å². The lowest BCUT2D eigenvalue weighted by Crippen LogP contribution is -2.39. The van der Waals surface area contributed by atoms with Crippen LogP contribution in [0.1, 0.15) is 39.0 Å². The number of amides is 1. The summed E-state index contributed by atoms with van der Waals surface area (Å²) in [6.45, 7) is 3.31. The standard InChI is InChI=1S/C14H23NO4S/c1-11(13(17)15-7-3-4-8-15)20(18)10-14(5-6-14)9-12(16)19-2/h11H,3-10H2,1-2H3. The number of hydrogen-bond donors (Lipinski definition) is 0. The van der Waals surface area contributed by atoms with Crippen LogP contribution in [0.15, 0.2) is 0 Å². The minimum absolute atomic E-state index is 0.00491. The third-order valence-corrected chi connectivity index (χ3v) is 6.20. The van der Waals surface area contributed by atoms with Gasteiger partial charge in [0.1, 0.15) is 5.25 Å². The summed E-state index contributed by atoms with van der Waals surface area (Å²) in [6.07, 6.45) is 4.20. The van der Waals surface area contributed by atoms with E-state index in [0.29, 0.717) is 12.2 Å². The van der Waals surface area contributed by atoms with Gasteiger partial charge in [0.15, 0.2) is 0 Å². The van der Waals surface area contributed by atoms with Crippen molar-refractivity contribution in [1.82, 2.24) is 4.90 Å². The molecule has 6 heteroatoms. The summed E-state index contributed by atoms with van der Waals surface area (Å²) >= 11 is 0. The molecular weight excluding hydrogens is 278 g/mol. The maximum Gasteiger partial charge on any atom is 0.306 e. The van der Waals surface area contributed by atoms with E-state index in [1.165, 1.54) is 7.11 Å². The van der Waals surface area contributed by atoms with Crippen LogP contribution in [0, 0.1) is 5.41 Å². The molecule has 0 N–H and O–H groups in total. The maximum atomic E-state index is 12.4. The van der Waals surface area contributed by atoms with Crippen LogP contribution in [0.4, 0.5) is 0 Å². The van der Waals surface area contributed by atoms with E-state index in [1.54, 1.807) is 6.92 Å². The van der Waals surface area contributed by atoms with Crippen molar-refractivity contribution in [2.45, 2.75) is 44.3 Å². The first kappa shape index (κ1) is 15.5. The number of likely N-dealkylation sites (tertiary alicyclic amines) is 1. The predicted octanol–water partition coefficient (Wildman–Crippen LogP) is 1.09. The molecule has 1 saturated carbocycles. The Morgan fingerprint density at radius 1 is 1.30 bits per heavy atom. The lowest BCUT2D eigenvalue weighted by Gasteiger charge is -2.21. The quantitative estimate of drug-likeness (QED) is 0.689. The molecule has 5 nitrogen and oxygen atoms in total. The first-order valence-electron chi connectivity index (χ1n) is 7.20. The smallest absolute Gasteiger partial charge is 0.306 e. The second kappa shape index (κ2) is 6.24. The summed E-state index contributed by atoms with van der Waals surface area (Å²) in [6, 6.07) is 0. The van der Waals surface area contributed by atoms with Gasteiger partial charge in [0, 0.05) is 29.6 Å². The minimum Gasteiger partial charge on any atom is -0.469 e. The Morgan fingerprint density at radius 3 is 2.40 bits per heavy atom. The van der Waals surface area contributed by atoms with Gasteiger partial charge in [-0.3, -0.25) is 13.8 Å². The maximum absolute atomic E-state index is 12.4. The summed E-state index contributed by atoms with van der Waals surface area (Å²) in [4.78, 5) is 25.4. The van der Waals surface area contributed by atoms with Gasteiger partial charge in [-0.25, -0.2) is 0 Å². The van der Waals surface area contributed by atoms with Crippen LogP contribution in [0.25, 0.3) is 0 Å². The van der Waals surface area contributed by atoms with E-state index < -0.39 is 16.0 Å². The summed E-state index contributed by atoms with van der Waals surface area (Å²) in [7, 11) is 0.155. The molecule has 20 heavy (non-hydrogen) atoms. The van der Waals surface area contributed by atoms with Crippen molar-refractivity contribution in [2.75, 3.05) is 26.0 Å². The number of ether oxygens (including phenoxy) is 1.